The Labute approximate surface area is 183 Å². The van der Waals surface area contributed by atoms with Gasteiger partial charge < -0.3 is 20.4 Å². The number of likely N-dealkylation sites (tertiary alicyclic amines) is 1. The Morgan fingerprint density at radius 2 is 1.93 bits per heavy atom. The van der Waals surface area contributed by atoms with Gasteiger partial charge in [0.05, 0.1) is 6.04 Å². The number of nitrogens with one attached hydrogen (secondary N) is 1. The molecular formula is C20H22Cl2N2O4S. The van der Waals surface area contributed by atoms with E-state index in [0.717, 1.165) is 16.9 Å². The number of rotatable bonds is 7. The highest BCUT2D eigenvalue weighted by molar-refractivity contribution is 7.09. The van der Waals surface area contributed by atoms with Gasteiger partial charge in [-0.1, -0.05) is 29.3 Å². The average molecular weight is 457 g/mol. The molecule has 0 saturated carbocycles. The minimum atomic E-state index is -1.84. The average Bonchev–Trinajstić information content (AvgIpc) is 3.37. The predicted molar refractivity (Wildman–Crippen MR) is 113 cm³/mol. The molecule has 1 unspecified atom stereocenters. The van der Waals surface area contributed by atoms with Gasteiger partial charge in [-0.15, -0.1) is 11.3 Å². The summed E-state index contributed by atoms with van der Waals surface area (Å²) in [6.07, 6.45) is -1.65. The van der Waals surface area contributed by atoms with E-state index in [-0.39, 0.29) is 6.04 Å². The zero-order valence-electron chi connectivity index (χ0n) is 15.6. The summed E-state index contributed by atoms with van der Waals surface area (Å²) in [5.74, 6) is -1.46. The lowest BCUT2D eigenvalue weighted by Gasteiger charge is -2.28. The molecule has 1 aliphatic heterocycles. The van der Waals surface area contributed by atoms with Gasteiger partial charge in [0.25, 0.3) is 11.8 Å². The van der Waals surface area contributed by atoms with Crippen LogP contribution in [0.2, 0.25) is 10.0 Å². The van der Waals surface area contributed by atoms with Crippen LogP contribution in [-0.4, -0.2) is 52.2 Å². The first-order chi connectivity index (χ1) is 13.9. The van der Waals surface area contributed by atoms with E-state index >= 15 is 0 Å². The number of carbonyl (C=O) groups excluding carboxylic acids is 2. The van der Waals surface area contributed by atoms with Gasteiger partial charge in [0.15, 0.2) is 12.2 Å². The van der Waals surface area contributed by atoms with Crippen molar-refractivity contribution < 1.29 is 19.8 Å². The number of nitrogens with zero attached hydrogens (tertiary/aromatic N) is 1. The topological polar surface area (TPSA) is 89.9 Å². The van der Waals surface area contributed by atoms with E-state index in [1.165, 1.54) is 4.90 Å². The summed E-state index contributed by atoms with van der Waals surface area (Å²) < 4.78 is 0. The van der Waals surface area contributed by atoms with Crippen LogP contribution in [0.5, 0.6) is 0 Å². The van der Waals surface area contributed by atoms with Crippen molar-refractivity contribution >= 4 is 46.4 Å². The first-order valence-corrected chi connectivity index (χ1v) is 10.9. The third-order valence-electron chi connectivity index (χ3n) is 4.88. The molecule has 1 aromatic carbocycles. The fraction of sp³-hybridized carbons (Fsp3) is 0.400. The fourth-order valence-corrected chi connectivity index (χ4v) is 4.71. The van der Waals surface area contributed by atoms with Crippen LogP contribution in [0, 0.1) is 0 Å². The van der Waals surface area contributed by atoms with E-state index in [1.807, 2.05) is 17.5 Å². The quantitative estimate of drug-likeness (QED) is 0.597. The predicted octanol–water partition coefficient (Wildman–Crippen LogP) is 2.80. The summed E-state index contributed by atoms with van der Waals surface area (Å²) in [5.41, 5.74) is 0.760. The minimum absolute atomic E-state index is 0.310. The lowest BCUT2D eigenvalue weighted by molar-refractivity contribution is -0.153. The maximum absolute atomic E-state index is 12.8. The number of hydrogen-bond acceptors (Lipinski definition) is 5. The Hall–Kier alpha value is -1.64. The van der Waals surface area contributed by atoms with Gasteiger partial charge in [-0.2, -0.15) is 0 Å². The van der Waals surface area contributed by atoms with Crippen molar-refractivity contribution in [1.82, 2.24) is 10.2 Å². The number of amides is 2. The molecule has 1 aromatic heterocycles. The molecule has 3 N–H and O–H groups in total. The molecule has 1 saturated heterocycles. The Bertz CT molecular complexity index is 842. The van der Waals surface area contributed by atoms with Crippen molar-refractivity contribution in [3.63, 3.8) is 0 Å². The summed E-state index contributed by atoms with van der Waals surface area (Å²) in [6, 6.07) is 8.60. The first-order valence-electron chi connectivity index (χ1n) is 9.29. The number of carbonyl (C=O) groups is 2. The van der Waals surface area contributed by atoms with Crippen molar-refractivity contribution in [2.45, 2.75) is 37.5 Å². The van der Waals surface area contributed by atoms with Crippen LogP contribution in [0.25, 0.3) is 0 Å². The molecule has 3 atom stereocenters. The summed E-state index contributed by atoms with van der Waals surface area (Å²) in [5, 5.41) is 25.9. The molecule has 2 aromatic rings. The van der Waals surface area contributed by atoms with Crippen LogP contribution in [0.4, 0.5) is 0 Å². The summed E-state index contributed by atoms with van der Waals surface area (Å²) in [7, 11) is 0. The van der Waals surface area contributed by atoms with Gasteiger partial charge in [0.1, 0.15) is 0 Å². The van der Waals surface area contributed by atoms with E-state index in [0.29, 0.717) is 36.0 Å². The fourth-order valence-electron chi connectivity index (χ4n) is 3.46. The number of thiophene rings is 1. The molecule has 6 nitrogen and oxygen atoms in total. The van der Waals surface area contributed by atoms with E-state index < -0.39 is 24.0 Å². The molecule has 29 heavy (non-hydrogen) atoms. The molecule has 9 heteroatoms. The van der Waals surface area contributed by atoms with Crippen molar-refractivity contribution in [3.05, 3.63) is 56.2 Å². The van der Waals surface area contributed by atoms with Gasteiger partial charge in [-0.25, -0.2) is 0 Å². The lowest BCUT2D eigenvalue weighted by atomic mass is 10.0. The molecule has 0 radical (unpaired) electrons. The second-order valence-corrected chi connectivity index (χ2v) is 8.81. The Kier molecular flexibility index (Phi) is 7.54. The SMILES string of the molecule is O=C(NCCc1cccs1)[C@H](O)[C@@H](O)C(=O)N1CCCC1c1cc(Cl)cc(Cl)c1. The maximum atomic E-state index is 12.8. The molecule has 0 spiro atoms. The second kappa shape index (κ2) is 9.91. The Morgan fingerprint density at radius 3 is 2.59 bits per heavy atom. The van der Waals surface area contributed by atoms with Crippen molar-refractivity contribution in [3.8, 4) is 0 Å². The van der Waals surface area contributed by atoms with Crippen molar-refractivity contribution in [2.75, 3.05) is 13.1 Å². The largest absolute Gasteiger partial charge is 0.380 e. The van der Waals surface area contributed by atoms with Crippen LogP contribution >= 0.6 is 34.5 Å². The van der Waals surface area contributed by atoms with Gasteiger partial charge in [0.2, 0.25) is 0 Å². The Morgan fingerprint density at radius 1 is 1.21 bits per heavy atom. The van der Waals surface area contributed by atoms with Crippen LogP contribution in [0.15, 0.2) is 35.7 Å². The number of benzene rings is 1. The number of halogens is 2. The molecule has 0 bridgehead atoms. The third kappa shape index (κ3) is 5.49. The molecule has 2 heterocycles. The van der Waals surface area contributed by atoms with E-state index in [9.17, 15) is 19.8 Å². The molecule has 3 rings (SSSR count). The number of hydrogen-bond donors (Lipinski definition) is 3. The first kappa shape index (κ1) is 22.1. The highest BCUT2D eigenvalue weighted by Gasteiger charge is 2.38. The zero-order chi connectivity index (χ0) is 21.0. The van der Waals surface area contributed by atoms with Gasteiger partial charge in [-0.05, 0) is 54.5 Å². The van der Waals surface area contributed by atoms with Gasteiger partial charge in [-0.3, -0.25) is 9.59 Å². The van der Waals surface area contributed by atoms with Gasteiger partial charge in [0, 0.05) is 28.0 Å². The second-order valence-electron chi connectivity index (χ2n) is 6.90. The molecule has 1 fully saturated rings. The van der Waals surface area contributed by atoms with E-state index in [1.54, 1.807) is 29.5 Å². The summed E-state index contributed by atoms with van der Waals surface area (Å²) >= 11 is 13.7. The highest BCUT2D eigenvalue weighted by atomic mass is 35.5. The van der Waals surface area contributed by atoms with E-state index in [4.69, 9.17) is 23.2 Å². The number of aliphatic hydroxyl groups is 2. The van der Waals surface area contributed by atoms with Crippen LogP contribution in [0.1, 0.15) is 29.3 Å². The molecule has 0 aliphatic carbocycles. The summed E-state index contributed by atoms with van der Waals surface area (Å²) in [6.45, 7) is 0.724. The normalized spacial score (nSPS) is 18.5. The molecular weight excluding hydrogens is 435 g/mol. The standard InChI is InChI=1S/C20H22Cl2N2O4S/c21-13-9-12(10-14(22)11-13)16-4-1-7-24(16)20(28)18(26)17(25)19(27)23-6-5-15-3-2-8-29-15/h2-3,8-11,16-18,25-26H,1,4-7H2,(H,23,27)/t16?,17-,18-/m1/s1. The van der Waals surface area contributed by atoms with E-state index in [2.05, 4.69) is 5.32 Å². The Balaban J connectivity index is 1.60. The van der Waals surface area contributed by atoms with Crippen LogP contribution in [0.3, 0.4) is 0 Å². The van der Waals surface area contributed by atoms with Crippen LogP contribution < -0.4 is 5.32 Å². The monoisotopic (exact) mass is 456 g/mol. The van der Waals surface area contributed by atoms with Crippen molar-refractivity contribution in [2.24, 2.45) is 0 Å². The highest BCUT2D eigenvalue weighted by Crippen LogP contribution is 2.35. The zero-order valence-corrected chi connectivity index (χ0v) is 17.9. The smallest absolute Gasteiger partial charge is 0.255 e. The molecule has 1 aliphatic rings. The van der Waals surface area contributed by atoms with Crippen molar-refractivity contribution in [1.29, 1.82) is 0 Å². The third-order valence-corrected chi connectivity index (χ3v) is 6.25. The lowest BCUT2D eigenvalue weighted by Crippen LogP contribution is -2.50. The summed E-state index contributed by atoms with van der Waals surface area (Å²) in [4.78, 5) is 27.5. The maximum Gasteiger partial charge on any atom is 0.255 e. The van der Waals surface area contributed by atoms with Gasteiger partial charge >= 0.3 is 0 Å². The molecule has 2 amide bonds. The molecule has 156 valence electrons. The number of aliphatic hydroxyl groups excluding tert-OH is 2. The minimum Gasteiger partial charge on any atom is -0.380 e. The van der Waals surface area contributed by atoms with Crippen LogP contribution in [-0.2, 0) is 16.0 Å².